The molecule has 4 aromatic rings. The third-order valence-corrected chi connectivity index (χ3v) is 5.57. The van der Waals surface area contributed by atoms with Crippen molar-refractivity contribution in [1.82, 2.24) is 34.5 Å². The molecule has 0 spiro atoms. The quantitative estimate of drug-likeness (QED) is 0.518. The Morgan fingerprint density at radius 1 is 1.03 bits per heavy atom. The summed E-state index contributed by atoms with van der Waals surface area (Å²) in [5, 5.41) is 17.6. The maximum atomic E-state index is 13.4. The molecule has 0 N–H and O–H groups in total. The van der Waals surface area contributed by atoms with E-state index in [9.17, 15) is 8.78 Å². The van der Waals surface area contributed by atoms with E-state index in [0.29, 0.717) is 12.1 Å². The van der Waals surface area contributed by atoms with E-state index in [1.165, 1.54) is 12.1 Å². The lowest BCUT2D eigenvalue weighted by molar-refractivity contribution is 0.200. The van der Waals surface area contributed by atoms with Crippen LogP contribution in [0.4, 0.5) is 8.78 Å². The van der Waals surface area contributed by atoms with Gasteiger partial charge in [0, 0.05) is 37.3 Å². The molecule has 1 aromatic carbocycles. The van der Waals surface area contributed by atoms with E-state index in [0.717, 1.165) is 54.7 Å². The minimum absolute atomic E-state index is 0.233. The molecule has 0 amide bonds. The Hall–Kier alpha value is -3.20. The highest BCUT2D eigenvalue weighted by Crippen LogP contribution is 2.28. The van der Waals surface area contributed by atoms with Crippen molar-refractivity contribution in [2.24, 2.45) is 7.05 Å². The summed E-state index contributed by atoms with van der Waals surface area (Å²) in [4.78, 5) is 2.21. The zero-order chi connectivity index (χ0) is 20.7. The summed E-state index contributed by atoms with van der Waals surface area (Å²) in [6.07, 6.45) is 5.48. The van der Waals surface area contributed by atoms with Crippen LogP contribution in [0.2, 0.25) is 0 Å². The fourth-order valence-electron chi connectivity index (χ4n) is 4.08. The number of nitrogens with zero attached hydrogens (tertiary/aromatic N) is 7. The molecule has 4 heterocycles. The fraction of sp³-hybridized carbons (Fsp3) is 0.333. The van der Waals surface area contributed by atoms with Gasteiger partial charge in [0.2, 0.25) is 0 Å². The number of rotatable bonds is 4. The standard InChI is InChI=1S/C21H21F2N7/c1-28-13-16(11-24-28)19-2-3-20-25-26-21(30(20)27-19)15-4-6-29(7-5-15)12-14-8-17(22)10-18(23)9-14/h2-3,8-11,13,15H,4-7,12H2,1H3. The van der Waals surface area contributed by atoms with Gasteiger partial charge < -0.3 is 0 Å². The van der Waals surface area contributed by atoms with Crippen LogP contribution in [0.5, 0.6) is 0 Å². The number of fused-ring (bicyclic) bond motifs is 1. The van der Waals surface area contributed by atoms with E-state index in [1.54, 1.807) is 10.9 Å². The van der Waals surface area contributed by atoms with Crippen LogP contribution in [-0.4, -0.2) is 47.6 Å². The number of likely N-dealkylation sites (tertiary alicyclic amines) is 1. The van der Waals surface area contributed by atoms with Crippen molar-refractivity contribution in [3.8, 4) is 11.3 Å². The first-order chi connectivity index (χ1) is 14.5. The van der Waals surface area contributed by atoms with Gasteiger partial charge in [-0.05, 0) is 55.8 Å². The van der Waals surface area contributed by atoms with Crippen molar-refractivity contribution in [3.63, 3.8) is 0 Å². The third-order valence-electron chi connectivity index (χ3n) is 5.57. The maximum absolute atomic E-state index is 13.4. The molecule has 0 unspecified atom stereocenters. The van der Waals surface area contributed by atoms with Gasteiger partial charge in [-0.15, -0.1) is 10.2 Å². The van der Waals surface area contributed by atoms with Gasteiger partial charge in [0.25, 0.3) is 0 Å². The Balaban J connectivity index is 1.32. The van der Waals surface area contributed by atoms with Crippen molar-refractivity contribution in [2.75, 3.05) is 13.1 Å². The summed E-state index contributed by atoms with van der Waals surface area (Å²) in [5.41, 5.74) is 3.13. The van der Waals surface area contributed by atoms with Gasteiger partial charge in [-0.1, -0.05) is 0 Å². The SMILES string of the molecule is Cn1cc(-c2ccc3nnc(C4CCN(Cc5cc(F)cc(F)c5)CC4)n3n2)cn1. The average Bonchev–Trinajstić information content (AvgIpc) is 3.33. The Labute approximate surface area is 172 Å². The Morgan fingerprint density at radius 2 is 1.80 bits per heavy atom. The summed E-state index contributed by atoms with van der Waals surface area (Å²) in [6, 6.07) is 7.53. The van der Waals surface area contributed by atoms with Crippen molar-refractivity contribution >= 4 is 5.65 Å². The van der Waals surface area contributed by atoms with Crippen molar-refractivity contribution < 1.29 is 8.78 Å². The summed E-state index contributed by atoms with van der Waals surface area (Å²) >= 11 is 0. The molecule has 1 saturated heterocycles. The van der Waals surface area contributed by atoms with Crippen LogP contribution in [0.1, 0.15) is 30.1 Å². The van der Waals surface area contributed by atoms with Crippen LogP contribution >= 0.6 is 0 Å². The minimum Gasteiger partial charge on any atom is -0.299 e. The van der Waals surface area contributed by atoms with Gasteiger partial charge in [-0.2, -0.15) is 14.7 Å². The Bertz CT molecular complexity index is 1170. The van der Waals surface area contributed by atoms with E-state index in [2.05, 4.69) is 20.2 Å². The highest BCUT2D eigenvalue weighted by molar-refractivity contribution is 5.58. The molecule has 1 aliphatic heterocycles. The number of aromatic nitrogens is 6. The lowest BCUT2D eigenvalue weighted by Gasteiger charge is -2.31. The largest absolute Gasteiger partial charge is 0.299 e. The van der Waals surface area contributed by atoms with E-state index in [1.807, 2.05) is 29.9 Å². The Morgan fingerprint density at radius 3 is 2.50 bits per heavy atom. The van der Waals surface area contributed by atoms with Crippen LogP contribution < -0.4 is 0 Å². The summed E-state index contributed by atoms with van der Waals surface area (Å²) in [5.74, 6) is 0.0138. The maximum Gasteiger partial charge on any atom is 0.177 e. The first-order valence-electron chi connectivity index (χ1n) is 9.94. The fourth-order valence-corrected chi connectivity index (χ4v) is 4.08. The number of aryl methyl sites for hydroxylation is 1. The molecule has 1 aliphatic rings. The molecule has 0 radical (unpaired) electrons. The lowest BCUT2D eigenvalue weighted by atomic mass is 9.95. The van der Waals surface area contributed by atoms with E-state index < -0.39 is 11.6 Å². The Kier molecular flexibility index (Phi) is 4.74. The van der Waals surface area contributed by atoms with Crippen LogP contribution in [0.25, 0.3) is 16.9 Å². The van der Waals surface area contributed by atoms with Gasteiger partial charge in [0.1, 0.15) is 11.6 Å². The molecule has 0 bridgehead atoms. The van der Waals surface area contributed by atoms with Crippen molar-refractivity contribution in [1.29, 1.82) is 0 Å². The molecule has 0 atom stereocenters. The zero-order valence-corrected chi connectivity index (χ0v) is 16.5. The highest BCUT2D eigenvalue weighted by atomic mass is 19.1. The first kappa shape index (κ1) is 18.8. The zero-order valence-electron chi connectivity index (χ0n) is 16.5. The van der Waals surface area contributed by atoms with Crippen LogP contribution in [0.3, 0.4) is 0 Å². The van der Waals surface area contributed by atoms with E-state index >= 15 is 0 Å². The molecule has 3 aromatic heterocycles. The molecule has 9 heteroatoms. The predicted octanol–water partition coefficient (Wildman–Crippen LogP) is 3.18. The number of piperidine rings is 1. The second-order valence-corrected chi connectivity index (χ2v) is 7.78. The molecular weight excluding hydrogens is 388 g/mol. The number of halogens is 2. The van der Waals surface area contributed by atoms with E-state index in [-0.39, 0.29) is 5.92 Å². The first-order valence-corrected chi connectivity index (χ1v) is 9.94. The van der Waals surface area contributed by atoms with Crippen molar-refractivity contribution in [3.05, 3.63) is 65.7 Å². The lowest BCUT2D eigenvalue weighted by Crippen LogP contribution is -2.33. The topological polar surface area (TPSA) is 64.1 Å². The van der Waals surface area contributed by atoms with E-state index in [4.69, 9.17) is 5.10 Å². The number of benzene rings is 1. The molecule has 30 heavy (non-hydrogen) atoms. The van der Waals surface area contributed by atoms with Crippen LogP contribution in [-0.2, 0) is 13.6 Å². The average molecular weight is 409 g/mol. The molecule has 7 nitrogen and oxygen atoms in total. The van der Waals surface area contributed by atoms with Crippen molar-refractivity contribution in [2.45, 2.75) is 25.3 Å². The van der Waals surface area contributed by atoms with Crippen LogP contribution in [0.15, 0.2) is 42.7 Å². The summed E-state index contributed by atoms with van der Waals surface area (Å²) in [6.45, 7) is 2.17. The monoisotopic (exact) mass is 409 g/mol. The highest BCUT2D eigenvalue weighted by Gasteiger charge is 2.25. The molecule has 5 rings (SSSR count). The molecule has 154 valence electrons. The number of hydrogen-bond donors (Lipinski definition) is 0. The second kappa shape index (κ2) is 7.56. The normalized spacial score (nSPS) is 15.8. The molecule has 0 saturated carbocycles. The van der Waals surface area contributed by atoms with Gasteiger partial charge in [0.15, 0.2) is 11.5 Å². The smallest absolute Gasteiger partial charge is 0.177 e. The summed E-state index contributed by atoms with van der Waals surface area (Å²) < 4.78 is 30.5. The molecule has 0 aliphatic carbocycles. The van der Waals surface area contributed by atoms with Gasteiger partial charge in [0.05, 0.1) is 11.9 Å². The van der Waals surface area contributed by atoms with Crippen LogP contribution in [0, 0.1) is 11.6 Å². The molecule has 1 fully saturated rings. The third kappa shape index (κ3) is 3.68. The minimum atomic E-state index is -0.537. The molecular formula is C21H21F2N7. The van der Waals surface area contributed by atoms with Gasteiger partial charge in [-0.25, -0.2) is 8.78 Å². The predicted molar refractivity (Wildman–Crippen MR) is 107 cm³/mol. The van der Waals surface area contributed by atoms with Gasteiger partial charge >= 0.3 is 0 Å². The number of hydrogen-bond acceptors (Lipinski definition) is 5. The van der Waals surface area contributed by atoms with Gasteiger partial charge in [-0.3, -0.25) is 9.58 Å². The second-order valence-electron chi connectivity index (χ2n) is 7.78. The summed E-state index contributed by atoms with van der Waals surface area (Å²) in [7, 11) is 1.87.